The van der Waals surface area contributed by atoms with Gasteiger partial charge in [-0.3, -0.25) is 9.59 Å². The summed E-state index contributed by atoms with van der Waals surface area (Å²) in [5.74, 6) is -1.02. The molecule has 8 heteroatoms. The van der Waals surface area contributed by atoms with E-state index in [1.807, 2.05) is 13.8 Å². The number of amides is 1. The number of hydrogen-bond acceptors (Lipinski definition) is 7. The Hall–Kier alpha value is -3.52. The third-order valence-corrected chi connectivity index (χ3v) is 5.18. The molecule has 33 heavy (non-hydrogen) atoms. The van der Waals surface area contributed by atoms with Crippen LogP contribution in [0.2, 0.25) is 0 Å². The van der Waals surface area contributed by atoms with Crippen molar-refractivity contribution in [3.05, 3.63) is 59.2 Å². The van der Waals surface area contributed by atoms with Crippen molar-refractivity contribution in [1.82, 2.24) is 4.90 Å². The molecular formula is C25H29NO7. The number of Topliss-reactive ketones (excluding diaryl/α,β-unsaturated/α-hetero) is 1. The number of carbonyl (C=O) groups is 2. The predicted molar refractivity (Wildman–Crippen MR) is 122 cm³/mol. The summed E-state index contributed by atoms with van der Waals surface area (Å²) >= 11 is 0. The number of aliphatic hydroxyl groups excluding tert-OH is 1. The third kappa shape index (κ3) is 5.12. The molecule has 176 valence electrons. The summed E-state index contributed by atoms with van der Waals surface area (Å²) in [6.07, 6.45) is -0.00964. The molecule has 1 aliphatic rings. The maximum Gasteiger partial charge on any atom is 0.295 e. The molecule has 0 radical (unpaired) electrons. The smallest absolute Gasteiger partial charge is 0.295 e. The highest BCUT2D eigenvalue weighted by atomic mass is 16.5. The Bertz CT molecular complexity index is 1040. The number of ketones is 1. The Morgan fingerprint density at radius 2 is 1.82 bits per heavy atom. The summed E-state index contributed by atoms with van der Waals surface area (Å²) in [5, 5.41) is 21.2. The molecule has 3 rings (SSSR count). The SMILES string of the molecule is CCOc1cc(C2C(=C(O)c3ccc(OC(C)C)cc3)C(=O)C(=O)N2CCOC)ccc1O. The summed E-state index contributed by atoms with van der Waals surface area (Å²) in [6, 6.07) is 10.4. The molecule has 0 aliphatic carbocycles. The zero-order chi connectivity index (χ0) is 24.1. The number of aliphatic hydroxyl groups is 1. The zero-order valence-electron chi connectivity index (χ0n) is 19.2. The van der Waals surface area contributed by atoms with Gasteiger partial charge in [0.1, 0.15) is 11.5 Å². The van der Waals surface area contributed by atoms with E-state index in [2.05, 4.69) is 0 Å². The Morgan fingerprint density at radius 3 is 2.42 bits per heavy atom. The van der Waals surface area contributed by atoms with Gasteiger partial charge in [0.15, 0.2) is 11.5 Å². The highest BCUT2D eigenvalue weighted by molar-refractivity contribution is 6.46. The van der Waals surface area contributed by atoms with Gasteiger partial charge in [-0.05, 0) is 62.7 Å². The molecule has 1 atom stereocenters. The molecule has 0 spiro atoms. The number of hydrogen-bond donors (Lipinski definition) is 2. The van der Waals surface area contributed by atoms with Crippen LogP contribution in [-0.4, -0.2) is 59.8 Å². The Balaban J connectivity index is 2.11. The van der Waals surface area contributed by atoms with Crippen molar-refractivity contribution in [2.45, 2.75) is 32.9 Å². The number of aromatic hydroxyl groups is 1. The highest BCUT2D eigenvalue weighted by Gasteiger charge is 2.46. The number of phenols is 1. The van der Waals surface area contributed by atoms with Gasteiger partial charge >= 0.3 is 0 Å². The van der Waals surface area contributed by atoms with Crippen molar-refractivity contribution < 1.29 is 34.0 Å². The van der Waals surface area contributed by atoms with Crippen molar-refractivity contribution in [3.8, 4) is 17.2 Å². The predicted octanol–water partition coefficient (Wildman–Crippen LogP) is 3.65. The molecule has 0 aromatic heterocycles. The van der Waals surface area contributed by atoms with Crippen LogP contribution in [0.5, 0.6) is 17.2 Å². The van der Waals surface area contributed by atoms with E-state index in [0.717, 1.165) is 0 Å². The fraction of sp³-hybridized carbons (Fsp3) is 0.360. The fourth-order valence-corrected chi connectivity index (χ4v) is 3.74. The molecule has 1 aliphatic heterocycles. The van der Waals surface area contributed by atoms with Crippen LogP contribution in [0.15, 0.2) is 48.0 Å². The van der Waals surface area contributed by atoms with E-state index >= 15 is 0 Å². The molecule has 0 bridgehead atoms. The molecule has 1 amide bonds. The quantitative estimate of drug-likeness (QED) is 0.338. The van der Waals surface area contributed by atoms with Crippen molar-refractivity contribution in [1.29, 1.82) is 0 Å². The molecule has 1 fully saturated rings. The summed E-state index contributed by atoms with van der Waals surface area (Å²) in [6.45, 7) is 6.28. The van der Waals surface area contributed by atoms with Gasteiger partial charge in [-0.1, -0.05) is 6.07 Å². The Labute approximate surface area is 193 Å². The molecule has 0 saturated carbocycles. The lowest BCUT2D eigenvalue weighted by atomic mass is 9.95. The molecule has 1 saturated heterocycles. The van der Waals surface area contributed by atoms with Gasteiger partial charge in [-0.25, -0.2) is 0 Å². The molecular weight excluding hydrogens is 426 g/mol. The highest BCUT2D eigenvalue weighted by Crippen LogP contribution is 2.41. The Kier molecular flexibility index (Phi) is 7.60. The fourth-order valence-electron chi connectivity index (χ4n) is 3.74. The number of ether oxygens (including phenoxy) is 3. The maximum atomic E-state index is 13.0. The average molecular weight is 456 g/mol. The van der Waals surface area contributed by atoms with Crippen molar-refractivity contribution in [2.75, 3.05) is 26.9 Å². The van der Waals surface area contributed by atoms with Gasteiger partial charge in [-0.2, -0.15) is 0 Å². The summed E-state index contributed by atoms with van der Waals surface area (Å²) in [7, 11) is 1.50. The van der Waals surface area contributed by atoms with Crippen LogP contribution in [0.25, 0.3) is 5.76 Å². The maximum absolute atomic E-state index is 13.0. The first-order chi connectivity index (χ1) is 15.8. The first-order valence-electron chi connectivity index (χ1n) is 10.8. The first kappa shape index (κ1) is 24.1. The normalized spacial score (nSPS) is 17.6. The van der Waals surface area contributed by atoms with Crippen LogP contribution < -0.4 is 9.47 Å². The number of carbonyl (C=O) groups excluding carboxylic acids is 2. The zero-order valence-corrected chi connectivity index (χ0v) is 19.2. The van der Waals surface area contributed by atoms with Gasteiger partial charge in [0, 0.05) is 19.2 Å². The average Bonchev–Trinajstić information content (AvgIpc) is 3.03. The van der Waals surface area contributed by atoms with Crippen LogP contribution in [0, 0.1) is 0 Å². The van der Waals surface area contributed by atoms with E-state index in [4.69, 9.17) is 14.2 Å². The second-order valence-corrected chi connectivity index (χ2v) is 7.84. The lowest BCUT2D eigenvalue weighted by Crippen LogP contribution is -2.32. The van der Waals surface area contributed by atoms with E-state index in [9.17, 15) is 19.8 Å². The van der Waals surface area contributed by atoms with Gasteiger partial charge in [0.05, 0.1) is 30.9 Å². The Morgan fingerprint density at radius 1 is 1.12 bits per heavy atom. The van der Waals surface area contributed by atoms with Gasteiger partial charge in [0.2, 0.25) is 0 Å². The molecule has 1 heterocycles. The summed E-state index contributed by atoms with van der Waals surface area (Å²) < 4.78 is 16.2. The summed E-state index contributed by atoms with van der Waals surface area (Å²) in [4.78, 5) is 27.2. The minimum atomic E-state index is -0.869. The molecule has 1 unspecified atom stereocenters. The van der Waals surface area contributed by atoms with E-state index in [-0.39, 0.29) is 42.1 Å². The van der Waals surface area contributed by atoms with Gasteiger partial charge in [-0.15, -0.1) is 0 Å². The van der Waals surface area contributed by atoms with Crippen LogP contribution >= 0.6 is 0 Å². The number of likely N-dealkylation sites (tertiary alicyclic amines) is 1. The lowest BCUT2D eigenvalue weighted by Gasteiger charge is -2.25. The second-order valence-electron chi connectivity index (χ2n) is 7.84. The van der Waals surface area contributed by atoms with E-state index in [1.165, 1.54) is 18.1 Å². The number of benzene rings is 2. The van der Waals surface area contributed by atoms with Crippen LogP contribution in [-0.2, 0) is 14.3 Å². The van der Waals surface area contributed by atoms with Crippen molar-refractivity contribution in [3.63, 3.8) is 0 Å². The third-order valence-electron chi connectivity index (χ3n) is 5.18. The second kappa shape index (κ2) is 10.4. The topological polar surface area (TPSA) is 106 Å². The molecule has 2 N–H and O–H groups in total. The number of methoxy groups -OCH3 is 1. The first-order valence-corrected chi connectivity index (χ1v) is 10.8. The molecule has 2 aromatic carbocycles. The summed E-state index contributed by atoms with van der Waals surface area (Å²) in [5.41, 5.74) is 0.860. The van der Waals surface area contributed by atoms with Crippen molar-refractivity contribution >= 4 is 17.4 Å². The number of rotatable bonds is 9. The van der Waals surface area contributed by atoms with Gasteiger partial charge < -0.3 is 29.3 Å². The van der Waals surface area contributed by atoms with E-state index < -0.39 is 17.7 Å². The number of phenolic OH excluding ortho intramolecular Hbond substituents is 1. The minimum Gasteiger partial charge on any atom is -0.507 e. The van der Waals surface area contributed by atoms with E-state index in [1.54, 1.807) is 43.3 Å². The minimum absolute atomic E-state index is 0.00964. The number of nitrogens with zero attached hydrogens (tertiary/aromatic N) is 1. The largest absolute Gasteiger partial charge is 0.507 e. The molecule has 8 nitrogen and oxygen atoms in total. The molecule has 2 aromatic rings. The van der Waals surface area contributed by atoms with Crippen LogP contribution in [0.3, 0.4) is 0 Å². The van der Waals surface area contributed by atoms with Gasteiger partial charge in [0.25, 0.3) is 11.7 Å². The van der Waals surface area contributed by atoms with Crippen LogP contribution in [0.4, 0.5) is 0 Å². The lowest BCUT2D eigenvalue weighted by molar-refractivity contribution is -0.140. The standard InChI is InChI=1S/C25H29NO7/c1-5-32-20-14-17(8-11-19(20)27)22-21(24(29)25(30)26(22)12-13-31-4)23(28)16-6-9-18(10-7-16)33-15(2)3/h6-11,14-15,22,27-28H,5,12-13H2,1-4H3. The van der Waals surface area contributed by atoms with E-state index in [0.29, 0.717) is 23.5 Å². The van der Waals surface area contributed by atoms with Crippen molar-refractivity contribution in [2.24, 2.45) is 0 Å². The van der Waals surface area contributed by atoms with Crippen LogP contribution in [0.1, 0.15) is 37.9 Å². The monoisotopic (exact) mass is 455 g/mol.